The number of carbonyl (C=O) groups is 1. The van der Waals surface area contributed by atoms with Crippen LogP contribution < -0.4 is 5.69 Å². The highest BCUT2D eigenvalue weighted by molar-refractivity contribution is 5.81. The predicted molar refractivity (Wildman–Crippen MR) is 86.8 cm³/mol. The molecule has 3 rings (SSSR count). The summed E-state index contributed by atoms with van der Waals surface area (Å²) in [5.74, 6) is 0.489. The third kappa shape index (κ3) is 2.67. The maximum atomic E-state index is 12.7. The van der Waals surface area contributed by atoms with Gasteiger partial charge in [0.15, 0.2) is 0 Å². The van der Waals surface area contributed by atoms with Gasteiger partial charge in [0.2, 0.25) is 5.91 Å². The van der Waals surface area contributed by atoms with Crippen molar-refractivity contribution in [1.29, 1.82) is 0 Å². The van der Waals surface area contributed by atoms with Gasteiger partial charge in [-0.1, -0.05) is 26.0 Å². The van der Waals surface area contributed by atoms with Gasteiger partial charge in [-0.05, 0) is 30.9 Å². The number of benzene rings is 1. The Balaban J connectivity index is 1.90. The molecule has 2 aromatic rings. The van der Waals surface area contributed by atoms with Crippen LogP contribution in [0, 0.1) is 5.92 Å². The van der Waals surface area contributed by atoms with E-state index in [0.29, 0.717) is 12.0 Å². The third-order valence-electron chi connectivity index (χ3n) is 4.21. The number of carbonyl (C=O) groups excluding carboxylic acids is 1. The van der Waals surface area contributed by atoms with Crippen LogP contribution in [-0.4, -0.2) is 32.5 Å². The molecule has 0 radical (unpaired) electrons. The number of nitrogens with zero attached hydrogens (tertiary/aromatic N) is 3. The summed E-state index contributed by atoms with van der Waals surface area (Å²) in [6.45, 7) is 5.13. The van der Waals surface area contributed by atoms with E-state index in [9.17, 15) is 9.59 Å². The lowest BCUT2D eigenvalue weighted by atomic mass is 10.2. The summed E-state index contributed by atoms with van der Waals surface area (Å²) in [5, 5.41) is 0. The van der Waals surface area contributed by atoms with E-state index in [-0.39, 0.29) is 18.1 Å². The fourth-order valence-corrected chi connectivity index (χ4v) is 2.98. The number of fused-ring (bicyclic) bond motifs is 1. The topological polar surface area (TPSA) is 47.2 Å². The summed E-state index contributed by atoms with van der Waals surface area (Å²) in [6, 6.07) is 7.98. The number of aryl methyl sites for hydroxylation is 1. The van der Waals surface area contributed by atoms with Crippen molar-refractivity contribution in [3.8, 4) is 0 Å². The Labute approximate surface area is 130 Å². The lowest BCUT2D eigenvalue weighted by Crippen LogP contribution is -2.40. The lowest BCUT2D eigenvalue weighted by molar-refractivity contribution is -0.133. The summed E-state index contributed by atoms with van der Waals surface area (Å²) >= 11 is 0. The lowest BCUT2D eigenvalue weighted by Gasteiger charge is -2.24. The number of hydrogen-bond acceptors (Lipinski definition) is 2. The number of rotatable bonds is 5. The van der Waals surface area contributed by atoms with Crippen molar-refractivity contribution in [2.24, 2.45) is 13.0 Å². The quantitative estimate of drug-likeness (QED) is 0.848. The largest absolute Gasteiger partial charge is 0.338 e. The minimum Gasteiger partial charge on any atom is -0.338 e. The summed E-state index contributed by atoms with van der Waals surface area (Å²) in [5.41, 5.74) is 1.56. The molecule has 0 N–H and O–H groups in total. The fourth-order valence-electron chi connectivity index (χ4n) is 2.98. The van der Waals surface area contributed by atoms with Crippen LogP contribution in [0.1, 0.15) is 26.7 Å². The van der Waals surface area contributed by atoms with Gasteiger partial charge in [-0.3, -0.25) is 13.9 Å². The van der Waals surface area contributed by atoms with Gasteiger partial charge in [-0.15, -0.1) is 0 Å². The first-order chi connectivity index (χ1) is 10.5. The van der Waals surface area contributed by atoms with Gasteiger partial charge < -0.3 is 4.90 Å². The first kappa shape index (κ1) is 14.9. The first-order valence-electron chi connectivity index (χ1n) is 7.92. The van der Waals surface area contributed by atoms with Crippen LogP contribution in [0.4, 0.5) is 0 Å². The van der Waals surface area contributed by atoms with Gasteiger partial charge >= 0.3 is 5.69 Å². The number of imidazole rings is 1. The highest BCUT2D eigenvalue weighted by Gasteiger charge is 2.33. The van der Waals surface area contributed by atoms with Crippen LogP contribution in [0.15, 0.2) is 29.1 Å². The molecule has 0 saturated heterocycles. The minimum absolute atomic E-state index is 0.0506. The molecule has 0 unspecified atom stereocenters. The molecule has 1 aliphatic rings. The summed E-state index contributed by atoms with van der Waals surface area (Å²) in [6.07, 6.45) is 2.17. The molecule has 22 heavy (non-hydrogen) atoms. The van der Waals surface area contributed by atoms with Gasteiger partial charge in [-0.2, -0.15) is 0 Å². The number of amides is 1. The standard InChI is InChI=1S/C17H23N3O2/c1-12(2)10-19(13-8-9-13)16(21)11-20-15-7-5-4-6-14(15)18(3)17(20)22/h4-7,12-13H,8-11H2,1-3H3. The molecule has 1 amide bonds. The number of aromatic nitrogens is 2. The molecule has 5 heteroatoms. The molecule has 1 fully saturated rings. The normalized spacial score (nSPS) is 14.7. The maximum absolute atomic E-state index is 12.7. The Bertz CT molecular complexity index is 753. The van der Waals surface area contributed by atoms with E-state index in [4.69, 9.17) is 0 Å². The molecule has 1 aromatic carbocycles. The zero-order valence-electron chi connectivity index (χ0n) is 13.5. The van der Waals surface area contributed by atoms with Crippen LogP contribution in [-0.2, 0) is 18.4 Å². The molecule has 1 aromatic heterocycles. The monoisotopic (exact) mass is 301 g/mol. The van der Waals surface area contributed by atoms with Crippen molar-refractivity contribution in [3.63, 3.8) is 0 Å². The van der Waals surface area contributed by atoms with Crippen LogP contribution >= 0.6 is 0 Å². The number of para-hydroxylation sites is 2. The van der Waals surface area contributed by atoms with E-state index in [1.807, 2.05) is 29.2 Å². The van der Waals surface area contributed by atoms with E-state index in [1.165, 1.54) is 0 Å². The smallest absolute Gasteiger partial charge is 0.329 e. The molecular weight excluding hydrogens is 278 g/mol. The second-order valence-corrected chi connectivity index (χ2v) is 6.59. The van der Waals surface area contributed by atoms with E-state index in [0.717, 1.165) is 30.4 Å². The second-order valence-electron chi connectivity index (χ2n) is 6.59. The molecule has 0 atom stereocenters. The van der Waals surface area contributed by atoms with E-state index >= 15 is 0 Å². The van der Waals surface area contributed by atoms with Crippen LogP contribution in [0.2, 0.25) is 0 Å². The Morgan fingerprint density at radius 3 is 2.50 bits per heavy atom. The van der Waals surface area contributed by atoms with Crippen molar-refractivity contribution in [1.82, 2.24) is 14.0 Å². The van der Waals surface area contributed by atoms with E-state index < -0.39 is 0 Å². The molecule has 0 bridgehead atoms. The van der Waals surface area contributed by atoms with Gasteiger partial charge in [0.05, 0.1) is 11.0 Å². The maximum Gasteiger partial charge on any atom is 0.329 e. The summed E-state index contributed by atoms with van der Waals surface area (Å²) < 4.78 is 3.19. The molecule has 1 heterocycles. The van der Waals surface area contributed by atoms with E-state index in [1.54, 1.807) is 16.2 Å². The fraction of sp³-hybridized carbons (Fsp3) is 0.529. The Kier molecular flexibility index (Phi) is 3.81. The average Bonchev–Trinajstić information content (AvgIpc) is 3.30. The highest BCUT2D eigenvalue weighted by atomic mass is 16.2. The zero-order chi connectivity index (χ0) is 15.9. The summed E-state index contributed by atoms with van der Waals surface area (Å²) in [7, 11) is 1.75. The molecule has 0 spiro atoms. The molecule has 1 saturated carbocycles. The van der Waals surface area contributed by atoms with Gasteiger partial charge in [0.25, 0.3) is 0 Å². The Morgan fingerprint density at radius 2 is 1.91 bits per heavy atom. The SMILES string of the molecule is CC(C)CN(C(=O)Cn1c(=O)n(C)c2ccccc21)C1CC1. The first-order valence-corrected chi connectivity index (χ1v) is 7.92. The molecule has 118 valence electrons. The highest BCUT2D eigenvalue weighted by Crippen LogP contribution is 2.28. The van der Waals surface area contributed by atoms with Crippen molar-refractivity contribution in [3.05, 3.63) is 34.7 Å². The second kappa shape index (κ2) is 5.63. The molecular formula is C17H23N3O2. The van der Waals surface area contributed by atoms with E-state index in [2.05, 4.69) is 13.8 Å². The van der Waals surface area contributed by atoms with Crippen LogP contribution in [0.25, 0.3) is 11.0 Å². The molecule has 0 aliphatic heterocycles. The Hall–Kier alpha value is -2.04. The van der Waals surface area contributed by atoms with Crippen molar-refractivity contribution >= 4 is 16.9 Å². The van der Waals surface area contributed by atoms with Crippen LogP contribution in [0.5, 0.6) is 0 Å². The van der Waals surface area contributed by atoms with Crippen molar-refractivity contribution in [2.75, 3.05) is 6.54 Å². The predicted octanol–water partition coefficient (Wildman–Crippen LogP) is 1.99. The number of hydrogen-bond donors (Lipinski definition) is 0. The summed E-state index contributed by atoms with van der Waals surface area (Å²) in [4.78, 5) is 27.1. The minimum atomic E-state index is -0.130. The van der Waals surface area contributed by atoms with Crippen molar-refractivity contribution in [2.45, 2.75) is 39.3 Å². The van der Waals surface area contributed by atoms with Crippen molar-refractivity contribution < 1.29 is 4.79 Å². The van der Waals surface area contributed by atoms with Gasteiger partial charge in [0, 0.05) is 19.6 Å². The molecule has 1 aliphatic carbocycles. The average molecular weight is 301 g/mol. The van der Waals surface area contributed by atoms with Gasteiger partial charge in [0.1, 0.15) is 6.54 Å². The van der Waals surface area contributed by atoms with Gasteiger partial charge in [-0.25, -0.2) is 4.79 Å². The third-order valence-corrected chi connectivity index (χ3v) is 4.21. The molecule has 5 nitrogen and oxygen atoms in total. The zero-order valence-corrected chi connectivity index (χ0v) is 13.5. The van der Waals surface area contributed by atoms with Crippen LogP contribution in [0.3, 0.4) is 0 Å². The Morgan fingerprint density at radius 1 is 1.27 bits per heavy atom.